The molecule has 0 amide bonds. The SMILES string of the molecule is CCCCCCCC/C=C/CCCCCCCCCC. The Morgan fingerprint density at radius 3 is 1.05 bits per heavy atom. The van der Waals surface area contributed by atoms with Gasteiger partial charge < -0.3 is 0 Å². The molecule has 0 spiro atoms. The van der Waals surface area contributed by atoms with Gasteiger partial charge in [0.15, 0.2) is 0 Å². The van der Waals surface area contributed by atoms with E-state index in [0.29, 0.717) is 0 Å². The minimum absolute atomic E-state index is 1.31. The van der Waals surface area contributed by atoms with Crippen LogP contribution in [0.2, 0.25) is 0 Å². The minimum atomic E-state index is 1.31. The average Bonchev–Trinajstić information content (AvgIpc) is 2.47. The van der Waals surface area contributed by atoms with E-state index in [1.165, 1.54) is 103 Å². The predicted molar refractivity (Wildman–Crippen MR) is 94.4 cm³/mol. The molecule has 0 heteroatoms. The van der Waals surface area contributed by atoms with E-state index >= 15 is 0 Å². The Morgan fingerprint density at radius 2 is 0.700 bits per heavy atom. The molecule has 0 rings (SSSR count). The lowest BCUT2D eigenvalue weighted by Crippen LogP contribution is -1.80. The molecule has 0 aliphatic heterocycles. The van der Waals surface area contributed by atoms with Crippen LogP contribution in [0.25, 0.3) is 0 Å². The zero-order valence-corrected chi connectivity index (χ0v) is 14.5. The molecule has 0 heterocycles. The van der Waals surface area contributed by atoms with Gasteiger partial charge in [-0.05, 0) is 25.7 Å². The summed E-state index contributed by atoms with van der Waals surface area (Å²) in [5.74, 6) is 0. The highest BCUT2D eigenvalue weighted by molar-refractivity contribution is 4.81. The molecule has 0 aliphatic carbocycles. The van der Waals surface area contributed by atoms with Crippen molar-refractivity contribution in [3.63, 3.8) is 0 Å². The second-order valence-corrected chi connectivity index (χ2v) is 6.29. The van der Waals surface area contributed by atoms with E-state index < -0.39 is 0 Å². The van der Waals surface area contributed by atoms with Crippen LogP contribution in [0.3, 0.4) is 0 Å². The molecule has 120 valence electrons. The number of unbranched alkanes of at least 4 members (excludes halogenated alkanes) is 14. The molecule has 0 saturated carbocycles. The highest BCUT2D eigenvalue weighted by atomic mass is 14.0. The number of allylic oxidation sites excluding steroid dienone is 2. The molecule has 20 heavy (non-hydrogen) atoms. The maximum Gasteiger partial charge on any atom is -0.0351 e. The predicted octanol–water partition coefficient (Wildman–Crippen LogP) is 7.82. The van der Waals surface area contributed by atoms with E-state index in [1.807, 2.05) is 0 Å². The van der Waals surface area contributed by atoms with Gasteiger partial charge in [-0.3, -0.25) is 0 Å². The topological polar surface area (TPSA) is 0 Å². The fourth-order valence-electron chi connectivity index (χ4n) is 2.67. The molecule has 0 unspecified atom stereocenters. The summed E-state index contributed by atoms with van der Waals surface area (Å²) >= 11 is 0. The largest absolute Gasteiger partial charge is 0.0885 e. The molecule has 0 atom stereocenters. The molecule has 0 nitrogen and oxygen atoms in total. The lowest BCUT2D eigenvalue weighted by atomic mass is 10.1. The van der Waals surface area contributed by atoms with Gasteiger partial charge in [-0.25, -0.2) is 0 Å². The van der Waals surface area contributed by atoms with E-state index in [9.17, 15) is 0 Å². The van der Waals surface area contributed by atoms with Crippen molar-refractivity contribution in [2.24, 2.45) is 0 Å². The quantitative estimate of drug-likeness (QED) is 0.200. The Balaban J connectivity index is 3.01. The molecular formula is C20H40. The first-order chi connectivity index (χ1) is 9.91. The summed E-state index contributed by atoms with van der Waals surface area (Å²) < 4.78 is 0. The van der Waals surface area contributed by atoms with Crippen LogP contribution >= 0.6 is 0 Å². The van der Waals surface area contributed by atoms with Crippen LogP contribution in [0.15, 0.2) is 12.2 Å². The lowest BCUT2D eigenvalue weighted by molar-refractivity contribution is 0.577. The zero-order chi connectivity index (χ0) is 14.7. The maximum atomic E-state index is 2.42. The van der Waals surface area contributed by atoms with Crippen LogP contribution < -0.4 is 0 Å². The van der Waals surface area contributed by atoms with Crippen LogP contribution in [0.1, 0.15) is 117 Å². The Hall–Kier alpha value is -0.260. The van der Waals surface area contributed by atoms with E-state index in [-0.39, 0.29) is 0 Å². The summed E-state index contributed by atoms with van der Waals surface area (Å²) in [5, 5.41) is 0. The summed E-state index contributed by atoms with van der Waals surface area (Å²) in [7, 11) is 0. The fourth-order valence-corrected chi connectivity index (χ4v) is 2.67. The van der Waals surface area contributed by atoms with Crippen LogP contribution in [0, 0.1) is 0 Å². The van der Waals surface area contributed by atoms with Crippen molar-refractivity contribution in [1.29, 1.82) is 0 Å². The van der Waals surface area contributed by atoms with Crippen LogP contribution in [-0.2, 0) is 0 Å². The Morgan fingerprint density at radius 1 is 0.400 bits per heavy atom. The van der Waals surface area contributed by atoms with Gasteiger partial charge in [0.25, 0.3) is 0 Å². The molecule has 0 aromatic rings. The van der Waals surface area contributed by atoms with Crippen LogP contribution in [0.5, 0.6) is 0 Å². The summed E-state index contributed by atoms with van der Waals surface area (Å²) in [6.45, 7) is 4.57. The minimum Gasteiger partial charge on any atom is -0.0885 e. The van der Waals surface area contributed by atoms with Gasteiger partial charge in [0, 0.05) is 0 Å². The first kappa shape index (κ1) is 19.7. The fraction of sp³-hybridized carbons (Fsp3) is 0.900. The summed E-state index contributed by atoms with van der Waals surface area (Å²) in [5.41, 5.74) is 0. The molecule has 0 radical (unpaired) electrons. The first-order valence-electron chi connectivity index (χ1n) is 9.56. The smallest absolute Gasteiger partial charge is 0.0351 e. The Kier molecular flexibility index (Phi) is 18.5. The lowest BCUT2D eigenvalue weighted by Gasteiger charge is -2.00. The van der Waals surface area contributed by atoms with E-state index in [1.54, 1.807) is 0 Å². The van der Waals surface area contributed by atoms with E-state index in [2.05, 4.69) is 26.0 Å². The molecule has 0 aliphatic rings. The molecule has 0 aromatic carbocycles. The van der Waals surface area contributed by atoms with Crippen LogP contribution in [0.4, 0.5) is 0 Å². The molecule has 0 N–H and O–H groups in total. The third-order valence-corrected chi connectivity index (χ3v) is 4.12. The standard InChI is InChI=1S/C20H40/c1-3-5-7-9-11-13-15-17-19-20-18-16-14-12-10-8-6-4-2/h17,19H,3-16,18,20H2,1-2H3/b19-17+. The van der Waals surface area contributed by atoms with Crippen molar-refractivity contribution < 1.29 is 0 Å². The van der Waals surface area contributed by atoms with E-state index in [4.69, 9.17) is 0 Å². The third kappa shape index (κ3) is 17.7. The number of rotatable bonds is 16. The maximum absolute atomic E-state index is 2.42. The Bertz CT molecular complexity index is 180. The van der Waals surface area contributed by atoms with Gasteiger partial charge in [-0.1, -0.05) is 103 Å². The van der Waals surface area contributed by atoms with Crippen molar-refractivity contribution in [2.75, 3.05) is 0 Å². The molecule has 0 fully saturated rings. The third-order valence-electron chi connectivity index (χ3n) is 4.12. The monoisotopic (exact) mass is 280 g/mol. The van der Waals surface area contributed by atoms with Crippen molar-refractivity contribution in [3.8, 4) is 0 Å². The second kappa shape index (κ2) is 18.7. The average molecular weight is 281 g/mol. The molecular weight excluding hydrogens is 240 g/mol. The van der Waals surface area contributed by atoms with Gasteiger partial charge in [0.1, 0.15) is 0 Å². The summed E-state index contributed by atoms with van der Waals surface area (Å²) in [6.07, 6.45) is 27.4. The van der Waals surface area contributed by atoms with Crippen molar-refractivity contribution in [1.82, 2.24) is 0 Å². The highest BCUT2D eigenvalue weighted by Gasteiger charge is 1.91. The number of hydrogen-bond acceptors (Lipinski definition) is 0. The van der Waals surface area contributed by atoms with Crippen molar-refractivity contribution in [2.45, 2.75) is 117 Å². The molecule has 0 saturated heterocycles. The number of hydrogen-bond donors (Lipinski definition) is 0. The van der Waals surface area contributed by atoms with Gasteiger partial charge >= 0.3 is 0 Å². The van der Waals surface area contributed by atoms with E-state index in [0.717, 1.165) is 0 Å². The highest BCUT2D eigenvalue weighted by Crippen LogP contribution is 2.10. The van der Waals surface area contributed by atoms with Gasteiger partial charge in [0.05, 0.1) is 0 Å². The summed E-state index contributed by atoms with van der Waals surface area (Å²) in [6, 6.07) is 0. The zero-order valence-electron chi connectivity index (χ0n) is 14.5. The first-order valence-corrected chi connectivity index (χ1v) is 9.56. The summed E-state index contributed by atoms with van der Waals surface area (Å²) in [4.78, 5) is 0. The normalized spacial score (nSPS) is 11.5. The van der Waals surface area contributed by atoms with Crippen LogP contribution in [-0.4, -0.2) is 0 Å². The van der Waals surface area contributed by atoms with Crippen molar-refractivity contribution in [3.05, 3.63) is 12.2 Å². The van der Waals surface area contributed by atoms with Gasteiger partial charge in [0.2, 0.25) is 0 Å². The van der Waals surface area contributed by atoms with Crippen molar-refractivity contribution >= 4 is 0 Å². The van der Waals surface area contributed by atoms with Gasteiger partial charge in [-0.2, -0.15) is 0 Å². The van der Waals surface area contributed by atoms with Gasteiger partial charge in [-0.15, -0.1) is 0 Å². The Labute approximate surface area is 129 Å². The second-order valence-electron chi connectivity index (χ2n) is 6.29. The molecule has 0 bridgehead atoms. The molecule has 0 aromatic heterocycles.